The van der Waals surface area contributed by atoms with E-state index in [1.165, 1.54) is 65.9 Å². The molecule has 0 amide bonds. The second kappa shape index (κ2) is 16.5. The van der Waals surface area contributed by atoms with Crippen molar-refractivity contribution in [2.24, 2.45) is 0 Å². The van der Waals surface area contributed by atoms with Crippen molar-refractivity contribution in [2.75, 3.05) is 0 Å². The number of benzene rings is 9. The van der Waals surface area contributed by atoms with Gasteiger partial charge in [0.1, 0.15) is 0 Å². The normalized spacial score (nSPS) is 12.6. The summed E-state index contributed by atoms with van der Waals surface area (Å²) in [5, 5.41) is 4.94. The minimum absolute atomic E-state index is 0.706. The Labute approximate surface area is 395 Å². The summed E-state index contributed by atoms with van der Waals surface area (Å²) >= 11 is 0. The molecule has 12 aromatic rings. The number of hydrogen-bond donors (Lipinski definition) is 0. The molecular weight excluding hydrogens is 825 g/mol. The fourth-order valence-electron chi connectivity index (χ4n) is 10.4. The summed E-state index contributed by atoms with van der Waals surface area (Å²) in [7, 11) is 0. The van der Waals surface area contributed by atoms with Crippen molar-refractivity contribution in [1.82, 2.24) is 19.1 Å². The van der Waals surface area contributed by atoms with E-state index < -0.39 is 0 Å². The van der Waals surface area contributed by atoms with E-state index in [1.807, 2.05) is 18.2 Å². The lowest BCUT2D eigenvalue weighted by Gasteiger charge is -2.12. The molecule has 13 rings (SSSR count). The lowest BCUT2D eigenvalue weighted by Crippen LogP contribution is -1.96. The first-order valence-corrected chi connectivity index (χ1v) is 23.5. The van der Waals surface area contributed by atoms with E-state index in [-0.39, 0.29) is 0 Å². The van der Waals surface area contributed by atoms with Gasteiger partial charge in [0, 0.05) is 49.6 Å². The summed E-state index contributed by atoms with van der Waals surface area (Å²) in [4.78, 5) is 10.4. The predicted molar refractivity (Wildman–Crippen MR) is 284 cm³/mol. The van der Waals surface area contributed by atoms with Crippen LogP contribution in [0.3, 0.4) is 0 Å². The maximum atomic E-state index is 5.22. The molecule has 0 bridgehead atoms. The first kappa shape index (κ1) is 39.5. The second-order valence-electron chi connectivity index (χ2n) is 17.6. The van der Waals surface area contributed by atoms with Gasteiger partial charge in [-0.1, -0.05) is 182 Å². The molecule has 320 valence electrons. The van der Waals surface area contributed by atoms with Crippen LogP contribution < -0.4 is 0 Å². The van der Waals surface area contributed by atoms with Crippen LogP contribution in [0.4, 0.5) is 0 Å². The Morgan fingerprint density at radius 1 is 0.338 bits per heavy atom. The Morgan fingerprint density at radius 3 is 1.49 bits per heavy atom. The Balaban J connectivity index is 0.903. The molecule has 3 aromatic heterocycles. The van der Waals surface area contributed by atoms with E-state index in [1.54, 1.807) is 0 Å². The molecule has 0 radical (unpaired) electrons. The Hall–Kier alpha value is -8.86. The van der Waals surface area contributed by atoms with Gasteiger partial charge in [-0.05, 0) is 107 Å². The highest BCUT2D eigenvalue weighted by molar-refractivity contribution is 6.17. The minimum atomic E-state index is 0.706. The summed E-state index contributed by atoms with van der Waals surface area (Å²) in [6.45, 7) is 0. The van der Waals surface area contributed by atoms with Gasteiger partial charge < -0.3 is 9.13 Å². The van der Waals surface area contributed by atoms with Crippen molar-refractivity contribution in [3.8, 4) is 67.5 Å². The summed E-state index contributed by atoms with van der Waals surface area (Å²) in [6, 6.07) is 80.8. The highest BCUT2D eigenvalue weighted by atomic mass is 15.0. The summed E-state index contributed by atoms with van der Waals surface area (Å²) in [6.07, 6.45) is 8.99. The molecule has 0 aliphatic heterocycles. The highest BCUT2D eigenvalue weighted by Gasteiger charge is 2.20. The average molecular weight is 869 g/mol. The first-order chi connectivity index (χ1) is 33.7. The number of hydrogen-bond acceptors (Lipinski definition) is 2. The van der Waals surface area contributed by atoms with Gasteiger partial charge >= 0.3 is 0 Å². The molecule has 4 heteroatoms. The van der Waals surface area contributed by atoms with Crippen LogP contribution in [-0.2, 0) is 0 Å². The number of fused-ring (bicyclic) bond motifs is 6. The molecule has 68 heavy (non-hydrogen) atoms. The standard InChI is InChI=1S/C64H44N4/c1-4-17-43(18-5-1)44-33-35-46(36-34-44)56-42-57(66-64(65-56)47-19-6-2-7-20-47)49-22-14-21-48(41-49)53-28-16-32-61-63(53)55-26-11-13-30-59(55)68(61)51-39-37-45(38-40-51)52-27-15-31-60-62(52)54-25-10-12-29-58(54)67(60)50-23-8-3-9-24-50/h2-4,6-42H,1,5H2. The molecule has 1 aliphatic carbocycles. The number of rotatable bonds is 8. The Morgan fingerprint density at radius 2 is 0.838 bits per heavy atom. The van der Waals surface area contributed by atoms with Crippen LogP contribution in [0.25, 0.3) is 117 Å². The van der Waals surface area contributed by atoms with Crippen molar-refractivity contribution >= 4 is 49.2 Å². The minimum Gasteiger partial charge on any atom is -0.309 e. The number of allylic oxidation sites excluding steroid dienone is 4. The molecule has 9 aromatic carbocycles. The van der Waals surface area contributed by atoms with Crippen molar-refractivity contribution in [1.29, 1.82) is 0 Å². The van der Waals surface area contributed by atoms with Gasteiger partial charge in [0.25, 0.3) is 0 Å². The monoisotopic (exact) mass is 868 g/mol. The molecule has 0 fully saturated rings. The zero-order valence-corrected chi connectivity index (χ0v) is 37.3. The van der Waals surface area contributed by atoms with E-state index >= 15 is 0 Å². The molecule has 0 N–H and O–H groups in total. The topological polar surface area (TPSA) is 35.6 Å². The van der Waals surface area contributed by atoms with E-state index in [0.29, 0.717) is 5.82 Å². The van der Waals surface area contributed by atoms with Crippen LogP contribution in [0, 0.1) is 0 Å². The SMILES string of the molecule is C1=CC(c2ccc(-c3cc(-c4cccc(-c5cccc6c5c5ccccc5n6-c5ccc(-c6cccc7c6c6ccccc6n7-c6ccccc6)cc5)c4)nc(-c4ccccc4)n3)cc2)=CCC1. The van der Waals surface area contributed by atoms with Gasteiger partial charge in [-0.3, -0.25) is 0 Å². The van der Waals surface area contributed by atoms with Gasteiger partial charge in [-0.15, -0.1) is 0 Å². The van der Waals surface area contributed by atoms with Crippen molar-refractivity contribution in [3.05, 3.63) is 248 Å². The molecule has 0 saturated heterocycles. The third-order valence-electron chi connectivity index (χ3n) is 13.6. The second-order valence-corrected chi connectivity index (χ2v) is 17.6. The van der Waals surface area contributed by atoms with Crippen molar-refractivity contribution < 1.29 is 0 Å². The molecule has 1 aliphatic rings. The lowest BCUT2D eigenvalue weighted by atomic mass is 9.96. The van der Waals surface area contributed by atoms with Gasteiger partial charge in [0.15, 0.2) is 5.82 Å². The number of aromatic nitrogens is 4. The van der Waals surface area contributed by atoms with E-state index in [2.05, 4.69) is 234 Å². The molecule has 0 saturated carbocycles. The van der Waals surface area contributed by atoms with Crippen molar-refractivity contribution in [2.45, 2.75) is 12.8 Å². The molecule has 0 atom stereocenters. The molecule has 0 spiro atoms. The van der Waals surface area contributed by atoms with Crippen LogP contribution in [0.2, 0.25) is 0 Å². The lowest BCUT2D eigenvalue weighted by molar-refractivity contribution is 1.04. The summed E-state index contributed by atoms with van der Waals surface area (Å²) in [5.41, 5.74) is 19.1. The summed E-state index contributed by atoms with van der Waals surface area (Å²) < 4.78 is 4.80. The van der Waals surface area contributed by atoms with Crippen LogP contribution in [0.1, 0.15) is 18.4 Å². The van der Waals surface area contributed by atoms with E-state index in [4.69, 9.17) is 9.97 Å². The fourth-order valence-corrected chi connectivity index (χ4v) is 10.4. The first-order valence-electron chi connectivity index (χ1n) is 23.5. The molecule has 0 unspecified atom stereocenters. The smallest absolute Gasteiger partial charge is 0.160 e. The third-order valence-corrected chi connectivity index (χ3v) is 13.6. The summed E-state index contributed by atoms with van der Waals surface area (Å²) in [5.74, 6) is 0.706. The van der Waals surface area contributed by atoms with Gasteiger partial charge in [-0.25, -0.2) is 9.97 Å². The third kappa shape index (κ3) is 6.77. The highest BCUT2D eigenvalue weighted by Crippen LogP contribution is 2.42. The number of nitrogens with zero attached hydrogens (tertiary/aromatic N) is 4. The van der Waals surface area contributed by atoms with Gasteiger partial charge in [0.2, 0.25) is 0 Å². The van der Waals surface area contributed by atoms with Crippen molar-refractivity contribution in [3.63, 3.8) is 0 Å². The van der Waals surface area contributed by atoms with Crippen LogP contribution in [0.5, 0.6) is 0 Å². The van der Waals surface area contributed by atoms with E-state index in [9.17, 15) is 0 Å². The van der Waals surface area contributed by atoms with Gasteiger partial charge in [-0.2, -0.15) is 0 Å². The quantitative estimate of drug-likeness (QED) is 0.153. The van der Waals surface area contributed by atoms with E-state index in [0.717, 1.165) is 63.4 Å². The van der Waals surface area contributed by atoms with Crippen LogP contribution in [-0.4, -0.2) is 19.1 Å². The maximum absolute atomic E-state index is 5.22. The predicted octanol–water partition coefficient (Wildman–Crippen LogP) is 16.7. The fraction of sp³-hybridized carbons (Fsp3) is 0.0312. The van der Waals surface area contributed by atoms with Crippen LogP contribution in [0.15, 0.2) is 243 Å². The zero-order chi connectivity index (χ0) is 45.0. The average Bonchev–Trinajstić information content (AvgIpc) is 3.95. The number of para-hydroxylation sites is 3. The Kier molecular flexibility index (Phi) is 9.61. The Bertz CT molecular complexity index is 3930. The van der Waals surface area contributed by atoms with Crippen LogP contribution >= 0.6 is 0 Å². The van der Waals surface area contributed by atoms with Gasteiger partial charge in [0.05, 0.1) is 33.5 Å². The largest absolute Gasteiger partial charge is 0.309 e. The molecule has 4 nitrogen and oxygen atoms in total. The maximum Gasteiger partial charge on any atom is 0.160 e. The molecule has 3 heterocycles. The molecular formula is C64H44N4. The zero-order valence-electron chi connectivity index (χ0n) is 37.3.